The van der Waals surface area contributed by atoms with Gasteiger partial charge in [0.05, 0.1) is 38.6 Å². The summed E-state index contributed by atoms with van der Waals surface area (Å²) >= 11 is 0. The van der Waals surface area contributed by atoms with Gasteiger partial charge in [-0.1, -0.05) is 127 Å². The van der Waals surface area contributed by atoms with Crippen molar-refractivity contribution in [2.24, 2.45) is 0 Å². The van der Waals surface area contributed by atoms with Crippen LogP contribution < -0.4 is 0 Å². The molecule has 0 atom stereocenters. The topological polar surface area (TPSA) is 35.1 Å². The highest BCUT2D eigenvalue weighted by Gasteiger charge is 2.24. The fourth-order valence-corrected chi connectivity index (χ4v) is 8.08. The minimum absolute atomic E-state index is 0.822. The van der Waals surface area contributed by atoms with Gasteiger partial charge >= 0.3 is 0 Å². The molecule has 222 valence electrons. The van der Waals surface area contributed by atoms with E-state index >= 15 is 0 Å². The van der Waals surface area contributed by atoms with Crippen LogP contribution >= 0.6 is 0 Å². The molecular weight excluding hydrogens is 585 g/mol. The molecule has 11 aromatic rings. The molecule has 0 aliphatic heterocycles. The zero-order valence-electron chi connectivity index (χ0n) is 25.8. The highest BCUT2D eigenvalue weighted by Crippen LogP contribution is 2.45. The summed E-state index contributed by atoms with van der Waals surface area (Å²) in [4.78, 5) is 11.0. The molecule has 0 bridgehead atoms. The first-order chi connectivity index (χ1) is 23.8. The predicted octanol–water partition coefficient (Wildman–Crippen LogP) is 11.2. The van der Waals surface area contributed by atoms with Crippen LogP contribution in [0.4, 0.5) is 0 Å². The normalized spacial score (nSPS) is 12.2. The molecule has 0 fully saturated rings. The molecule has 4 heterocycles. The zero-order valence-corrected chi connectivity index (χ0v) is 25.8. The van der Waals surface area contributed by atoms with Gasteiger partial charge in [0.15, 0.2) is 5.82 Å². The summed E-state index contributed by atoms with van der Waals surface area (Å²) in [5, 5.41) is 7.47. The van der Waals surface area contributed by atoms with Gasteiger partial charge < -0.3 is 4.40 Å². The number of nitrogens with zero attached hydrogens (tertiary/aromatic N) is 4. The van der Waals surface area contributed by atoms with Gasteiger partial charge in [0.1, 0.15) is 5.69 Å². The van der Waals surface area contributed by atoms with Gasteiger partial charge in [-0.3, -0.25) is 4.57 Å². The van der Waals surface area contributed by atoms with Crippen molar-refractivity contribution in [3.05, 3.63) is 158 Å². The fraction of sp³-hybridized carbons (Fsp3) is 0. The largest absolute Gasteiger partial charge is 0.308 e. The van der Waals surface area contributed by atoms with Crippen LogP contribution in [-0.4, -0.2) is 18.9 Å². The molecule has 0 saturated carbocycles. The van der Waals surface area contributed by atoms with Crippen LogP contribution in [0.5, 0.6) is 0 Å². The smallest absolute Gasteiger partial charge is 0.165 e. The van der Waals surface area contributed by atoms with E-state index in [4.69, 9.17) is 9.97 Å². The Morgan fingerprint density at radius 2 is 0.979 bits per heavy atom. The molecule has 11 rings (SSSR count). The van der Waals surface area contributed by atoms with Crippen LogP contribution in [-0.2, 0) is 0 Å². The predicted molar refractivity (Wildman–Crippen MR) is 199 cm³/mol. The van der Waals surface area contributed by atoms with Crippen molar-refractivity contribution in [1.82, 2.24) is 18.9 Å². The lowest BCUT2D eigenvalue weighted by molar-refractivity contribution is 1.08. The Labute approximate surface area is 275 Å². The van der Waals surface area contributed by atoms with Crippen molar-refractivity contribution >= 4 is 70.9 Å². The molecule has 4 aromatic heterocycles. The van der Waals surface area contributed by atoms with Crippen molar-refractivity contribution in [2.45, 2.75) is 0 Å². The molecule has 7 aromatic carbocycles. The fourth-order valence-electron chi connectivity index (χ4n) is 8.08. The van der Waals surface area contributed by atoms with E-state index in [1.807, 2.05) is 0 Å². The Morgan fingerprint density at radius 3 is 1.81 bits per heavy atom. The lowest BCUT2D eigenvalue weighted by atomic mass is 10.0. The molecule has 4 nitrogen and oxygen atoms in total. The molecule has 0 aliphatic carbocycles. The van der Waals surface area contributed by atoms with E-state index in [2.05, 4.69) is 167 Å². The number of para-hydroxylation sites is 3. The maximum absolute atomic E-state index is 5.59. The highest BCUT2D eigenvalue weighted by molar-refractivity contribution is 6.31. The van der Waals surface area contributed by atoms with E-state index in [0.717, 1.165) is 50.3 Å². The average molecular weight is 611 g/mol. The Bertz CT molecular complexity index is 3040. The molecule has 4 heteroatoms. The second-order valence-electron chi connectivity index (χ2n) is 12.6. The van der Waals surface area contributed by atoms with Crippen molar-refractivity contribution in [1.29, 1.82) is 0 Å². The van der Waals surface area contributed by atoms with Gasteiger partial charge in [-0.2, -0.15) is 0 Å². The molecule has 48 heavy (non-hydrogen) atoms. The third-order valence-electron chi connectivity index (χ3n) is 10.0. The maximum atomic E-state index is 5.59. The Hall–Kier alpha value is -6.52. The molecular formula is C44H26N4. The first kappa shape index (κ1) is 25.6. The van der Waals surface area contributed by atoms with Gasteiger partial charge in [0.25, 0.3) is 0 Å². The quantitative estimate of drug-likeness (QED) is 0.199. The number of aromatic nitrogens is 4. The zero-order chi connectivity index (χ0) is 31.3. The molecule has 0 unspecified atom stereocenters. The monoisotopic (exact) mass is 610 g/mol. The van der Waals surface area contributed by atoms with Crippen molar-refractivity contribution in [2.75, 3.05) is 0 Å². The van der Waals surface area contributed by atoms with Gasteiger partial charge in [0.2, 0.25) is 0 Å². The minimum atomic E-state index is 0.822. The van der Waals surface area contributed by atoms with Crippen LogP contribution in [0.3, 0.4) is 0 Å². The number of hydrogen-bond acceptors (Lipinski definition) is 2. The van der Waals surface area contributed by atoms with Crippen LogP contribution in [0.1, 0.15) is 0 Å². The number of fused-ring (bicyclic) bond motifs is 6. The molecule has 0 aliphatic rings. The molecule has 0 saturated heterocycles. The van der Waals surface area contributed by atoms with Gasteiger partial charge in [0, 0.05) is 38.1 Å². The van der Waals surface area contributed by atoms with Crippen molar-refractivity contribution < 1.29 is 0 Å². The minimum Gasteiger partial charge on any atom is -0.308 e. The number of rotatable bonds is 3. The average Bonchev–Trinajstić information content (AvgIpc) is 3.63. The summed E-state index contributed by atoms with van der Waals surface area (Å²) < 4.78 is 4.83. The lowest BCUT2D eigenvalue weighted by Crippen LogP contribution is -2.04. The van der Waals surface area contributed by atoms with Gasteiger partial charge in [-0.05, 0) is 41.3 Å². The van der Waals surface area contributed by atoms with Crippen molar-refractivity contribution in [3.63, 3.8) is 0 Å². The number of benzene rings is 7. The molecule has 0 spiro atoms. The lowest BCUT2D eigenvalue weighted by Gasteiger charge is -2.15. The standard InChI is InChI=1S/C44H26N4/c1-3-13-27(14-4-1)29-18-10-22-34-42(29)46-44(41(45-34)28-15-5-2-6-16-28)48-36-24-11-19-31-33-21-9-20-32-30-17-7-8-23-35(30)47(43(32)33)37-25-12-26-38(48)40(37)39(31)36/h1-26H. The summed E-state index contributed by atoms with van der Waals surface area (Å²) in [5.74, 6) is 0.822. The van der Waals surface area contributed by atoms with Gasteiger partial charge in [-0.25, -0.2) is 9.97 Å². The first-order valence-corrected chi connectivity index (χ1v) is 16.4. The van der Waals surface area contributed by atoms with E-state index in [9.17, 15) is 0 Å². The SMILES string of the molecule is c1ccc(-c2nc3cccc(-c4ccccc4)c3nc2-n2c3cccc4c5cccc6c7ccccc7n(c7cccc2c7c43)c56)cc1. The summed E-state index contributed by atoms with van der Waals surface area (Å²) in [6, 6.07) is 56.2. The van der Waals surface area contributed by atoms with Crippen LogP contribution in [0.2, 0.25) is 0 Å². The second-order valence-corrected chi connectivity index (χ2v) is 12.6. The van der Waals surface area contributed by atoms with E-state index in [1.165, 1.54) is 48.9 Å². The summed E-state index contributed by atoms with van der Waals surface area (Å²) in [6.07, 6.45) is 0. The van der Waals surface area contributed by atoms with E-state index in [-0.39, 0.29) is 0 Å². The summed E-state index contributed by atoms with van der Waals surface area (Å²) in [6.45, 7) is 0. The summed E-state index contributed by atoms with van der Waals surface area (Å²) in [5.41, 5.74) is 11.7. The Morgan fingerprint density at radius 1 is 0.396 bits per heavy atom. The van der Waals surface area contributed by atoms with Gasteiger partial charge in [-0.15, -0.1) is 0 Å². The first-order valence-electron chi connectivity index (χ1n) is 16.4. The Balaban J connectivity index is 1.37. The molecule has 0 N–H and O–H groups in total. The Kier molecular flexibility index (Phi) is 5.08. The molecule has 0 radical (unpaired) electrons. The number of hydrogen-bond donors (Lipinski definition) is 0. The highest BCUT2D eigenvalue weighted by atomic mass is 15.1. The second kappa shape index (κ2) is 9.50. The maximum Gasteiger partial charge on any atom is 0.165 e. The van der Waals surface area contributed by atoms with Crippen LogP contribution in [0, 0.1) is 0 Å². The van der Waals surface area contributed by atoms with Crippen LogP contribution in [0.25, 0.3) is 99.1 Å². The third kappa shape index (κ3) is 3.33. The van der Waals surface area contributed by atoms with Crippen molar-refractivity contribution in [3.8, 4) is 28.2 Å². The molecule has 0 amide bonds. The van der Waals surface area contributed by atoms with Crippen LogP contribution in [0.15, 0.2) is 158 Å². The van der Waals surface area contributed by atoms with E-state index < -0.39 is 0 Å². The third-order valence-corrected chi connectivity index (χ3v) is 10.0. The summed E-state index contributed by atoms with van der Waals surface area (Å²) in [7, 11) is 0. The van der Waals surface area contributed by atoms with E-state index in [1.54, 1.807) is 0 Å². The van der Waals surface area contributed by atoms with E-state index in [0.29, 0.717) is 0 Å².